The lowest BCUT2D eigenvalue weighted by Crippen LogP contribution is -3.00. The average Bonchev–Trinajstić information content (AvgIpc) is 2.81. The van der Waals surface area contributed by atoms with Crippen molar-refractivity contribution in [2.24, 2.45) is 0 Å². The second kappa shape index (κ2) is 12.9. The van der Waals surface area contributed by atoms with Gasteiger partial charge in [0.05, 0.1) is 5.69 Å². The van der Waals surface area contributed by atoms with Gasteiger partial charge in [-0.15, -0.1) is 0 Å². The van der Waals surface area contributed by atoms with Crippen LogP contribution in [0.25, 0.3) is 0 Å². The average molecular weight is 605 g/mol. The van der Waals surface area contributed by atoms with Gasteiger partial charge in [0.25, 0.3) is 0 Å². The Bertz CT molecular complexity index is 1150. The third-order valence-electron chi connectivity index (χ3n) is 5.62. The number of hydrogen-bond donors (Lipinski definition) is 0. The SMILES string of the molecule is CN(C)c1cc[n+](Cc2ccc(C[n+]3ccc(N(C)c4ccc(Cl)cc4)cc3)cc2)cc1.[Br-].[Br-]. The summed E-state index contributed by atoms with van der Waals surface area (Å²) in [6.45, 7) is 1.71. The van der Waals surface area contributed by atoms with Crippen LogP contribution in [0.1, 0.15) is 11.1 Å². The van der Waals surface area contributed by atoms with Gasteiger partial charge in [0, 0.05) is 72.9 Å². The van der Waals surface area contributed by atoms with Crippen molar-refractivity contribution in [1.29, 1.82) is 0 Å². The number of halogens is 3. The lowest BCUT2D eigenvalue weighted by molar-refractivity contribution is -0.688. The van der Waals surface area contributed by atoms with E-state index in [-0.39, 0.29) is 34.0 Å². The molecule has 0 bridgehead atoms. The van der Waals surface area contributed by atoms with E-state index in [0.29, 0.717) is 0 Å². The molecule has 0 N–H and O–H groups in total. The van der Waals surface area contributed by atoms with Crippen LogP contribution < -0.4 is 52.9 Å². The molecule has 2 aromatic carbocycles. The zero-order valence-corrected chi connectivity index (χ0v) is 23.5. The molecule has 0 unspecified atom stereocenters. The summed E-state index contributed by atoms with van der Waals surface area (Å²) in [7, 11) is 6.18. The Hall–Kier alpha value is -2.41. The van der Waals surface area contributed by atoms with E-state index in [1.54, 1.807) is 0 Å². The predicted octanol–water partition coefficient (Wildman–Crippen LogP) is -1.15. The Morgan fingerprint density at radius 3 is 1.35 bits per heavy atom. The summed E-state index contributed by atoms with van der Waals surface area (Å²) >= 11 is 6.00. The maximum atomic E-state index is 6.00. The largest absolute Gasteiger partial charge is 1.00 e. The van der Waals surface area contributed by atoms with E-state index in [1.165, 1.54) is 16.8 Å². The van der Waals surface area contributed by atoms with E-state index in [1.807, 2.05) is 24.3 Å². The van der Waals surface area contributed by atoms with Gasteiger partial charge in [-0.25, -0.2) is 9.13 Å². The number of hydrogen-bond acceptors (Lipinski definition) is 2. The van der Waals surface area contributed by atoms with Gasteiger partial charge in [0.1, 0.15) is 0 Å². The summed E-state index contributed by atoms with van der Waals surface area (Å²) in [5.41, 5.74) is 6.03. The molecule has 34 heavy (non-hydrogen) atoms. The molecular weight excluding hydrogens is 576 g/mol. The summed E-state index contributed by atoms with van der Waals surface area (Å²) < 4.78 is 4.40. The first-order chi connectivity index (χ1) is 15.5. The summed E-state index contributed by atoms with van der Waals surface area (Å²) in [6, 6.07) is 25.3. The van der Waals surface area contributed by atoms with Crippen LogP contribution in [0.3, 0.4) is 0 Å². The van der Waals surface area contributed by atoms with Crippen LogP contribution in [0.4, 0.5) is 17.1 Å². The Kier molecular flexibility index (Phi) is 10.5. The molecular formula is C27H29Br2ClN4. The molecule has 178 valence electrons. The van der Waals surface area contributed by atoms with Crippen molar-refractivity contribution in [3.8, 4) is 0 Å². The number of benzene rings is 2. The molecule has 0 atom stereocenters. The van der Waals surface area contributed by atoms with Crippen LogP contribution >= 0.6 is 11.6 Å². The summed E-state index contributed by atoms with van der Waals surface area (Å²) in [5.74, 6) is 0. The maximum Gasteiger partial charge on any atom is 0.173 e. The molecule has 4 aromatic rings. The molecule has 2 heterocycles. The third kappa shape index (κ3) is 7.29. The maximum absolute atomic E-state index is 6.00. The standard InChI is InChI=1S/C27H29ClN4.2BrH/c1-29(2)25-12-16-31(17-13-25)20-22-4-6-23(7-5-22)21-32-18-14-27(15-19-32)30(3)26-10-8-24(28)9-11-26;;/h4-19H,20-21H2,1-3H3;2*1H/q+2;;/p-2. The minimum atomic E-state index is 0. The van der Waals surface area contributed by atoms with Crippen LogP contribution in [0.15, 0.2) is 97.6 Å². The van der Waals surface area contributed by atoms with Crippen molar-refractivity contribution < 1.29 is 43.1 Å². The van der Waals surface area contributed by atoms with Crippen molar-refractivity contribution in [2.75, 3.05) is 30.9 Å². The normalized spacial score (nSPS) is 10.1. The molecule has 0 aliphatic rings. The van der Waals surface area contributed by atoms with Gasteiger partial charge in [0.15, 0.2) is 37.9 Å². The number of rotatable bonds is 7. The van der Waals surface area contributed by atoms with Crippen molar-refractivity contribution in [2.45, 2.75) is 13.1 Å². The topological polar surface area (TPSA) is 14.2 Å². The van der Waals surface area contributed by atoms with Crippen LogP contribution in [-0.2, 0) is 13.1 Å². The fourth-order valence-corrected chi connectivity index (χ4v) is 3.74. The zero-order valence-electron chi connectivity index (χ0n) is 19.6. The van der Waals surface area contributed by atoms with E-state index in [0.717, 1.165) is 29.5 Å². The lowest BCUT2D eigenvalue weighted by Gasteiger charge is -2.18. The van der Waals surface area contributed by atoms with E-state index >= 15 is 0 Å². The number of aromatic nitrogens is 2. The van der Waals surface area contributed by atoms with E-state index < -0.39 is 0 Å². The van der Waals surface area contributed by atoms with Crippen molar-refractivity contribution >= 4 is 28.7 Å². The van der Waals surface area contributed by atoms with Crippen LogP contribution in [-0.4, -0.2) is 21.1 Å². The fourth-order valence-electron chi connectivity index (χ4n) is 3.62. The molecule has 0 saturated heterocycles. The molecule has 4 nitrogen and oxygen atoms in total. The fraction of sp³-hybridized carbons (Fsp3) is 0.185. The molecule has 0 saturated carbocycles. The van der Waals surface area contributed by atoms with E-state index in [9.17, 15) is 0 Å². The van der Waals surface area contributed by atoms with E-state index in [2.05, 4.69) is 113 Å². The van der Waals surface area contributed by atoms with Gasteiger partial charge in [-0.05, 0) is 24.3 Å². The molecule has 7 heteroatoms. The first kappa shape index (κ1) is 27.8. The van der Waals surface area contributed by atoms with Gasteiger partial charge in [-0.2, -0.15) is 0 Å². The van der Waals surface area contributed by atoms with Crippen LogP contribution in [0.5, 0.6) is 0 Å². The summed E-state index contributed by atoms with van der Waals surface area (Å²) in [6.07, 6.45) is 8.50. The molecule has 0 fully saturated rings. The molecule has 0 aliphatic carbocycles. The zero-order chi connectivity index (χ0) is 22.5. The Labute approximate surface area is 228 Å². The van der Waals surface area contributed by atoms with Gasteiger partial charge in [-0.3, -0.25) is 0 Å². The minimum absolute atomic E-state index is 0. The van der Waals surface area contributed by atoms with Crippen LogP contribution in [0, 0.1) is 0 Å². The van der Waals surface area contributed by atoms with E-state index in [4.69, 9.17) is 11.6 Å². The second-order valence-electron chi connectivity index (χ2n) is 8.20. The quantitative estimate of drug-likeness (QED) is 0.248. The first-order valence-electron chi connectivity index (χ1n) is 10.7. The van der Waals surface area contributed by atoms with Gasteiger partial charge >= 0.3 is 0 Å². The molecule has 4 rings (SSSR count). The number of anilines is 3. The Morgan fingerprint density at radius 1 is 0.559 bits per heavy atom. The molecule has 0 radical (unpaired) electrons. The van der Waals surface area contributed by atoms with Crippen molar-refractivity contribution in [1.82, 2.24) is 0 Å². The van der Waals surface area contributed by atoms with Gasteiger partial charge in [-0.1, -0.05) is 35.9 Å². The Balaban J connectivity index is 0.00000204. The highest BCUT2D eigenvalue weighted by molar-refractivity contribution is 6.30. The number of nitrogens with zero attached hydrogens (tertiary/aromatic N) is 4. The third-order valence-corrected chi connectivity index (χ3v) is 5.87. The molecule has 0 spiro atoms. The van der Waals surface area contributed by atoms with Crippen molar-refractivity contribution in [3.05, 3.63) is 114 Å². The number of pyridine rings is 2. The highest BCUT2D eigenvalue weighted by Gasteiger charge is 2.09. The van der Waals surface area contributed by atoms with Gasteiger partial charge < -0.3 is 43.8 Å². The Morgan fingerprint density at radius 2 is 0.941 bits per heavy atom. The molecule has 0 aliphatic heterocycles. The highest BCUT2D eigenvalue weighted by atomic mass is 79.9. The minimum Gasteiger partial charge on any atom is -1.00 e. The molecule has 2 aromatic heterocycles. The smallest absolute Gasteiger partial charge is 0.173 e. The van der Waals surface area contributed by atoms with Gasteiger partial charge in [0.2, 0.25) is 0 Å². The highest BCUT2D eigenvalue weighted by Crippen LogP contribution is 2.23. The monoisotopic (exact) mass is 602 g/mol. The first-order valence-corrected chi connectivity index (χ1v) is 11.1. The van der Waals surface area contributed by atoms with Crippen molar-refractivity contribution in [3.63, 3.8) is 0 Å². The second-order valence-corrected chi connectivity index (χ2v) is 8.64. The predicted molar refractivity (Wildman–Crippen MR) is 132 cm³/mol. The summed E-state index contributed by atoms with van der Waals surface area (Å²) in [4.78, 5) is 4.26. The van der Waals surface area contributed by atoms with Crippen LogP contribution in [0.2, 0.25) is 5.02 Å². The summed E-state index contributed by atoms with van der Waals surface area (Å²) in [5, 5.41) is 0.750. The molecule has 0 amide bonds. The lowest BCUT2D eigenvalue weighted by atomic mass is 10.1.